The van der Waals surface area contributed by atoms with Gasteiger partial charge in [-0.15, -0.1) is 0 Å². The van der Waals surface area contributed by atoms with Crippen molar-refractivity contribution in [3.63, 3.8) is 0 Å². The standard InChI is InChI=1S/C11H15NO3/c1-8(12(2)13)5-9-3-4-10-7-14-15-11(10)6-9/h3-4,6,8,13H,5,7H2,1-2H3. The second-order valence-electron chi connectivity index (χ2n) is 3.91. The van der Waals surface area contributed by atoms with Crippen LogP contribution in [0.25, 0.3) is 0 Å². The molecule has 2 rings (SSSR count). The molecule has 0 aromatic heterocycles. The Morgan fingerprint density at radius 2 is 2.33 bits per heavy atom. The molecular formula is C11H15NO3. The molecule has 0 amide bonds. The summed E-state index contributed by atoms with van der Waals surface area (Å²) in [6.07, 6.45) is 0.781. The van der Waals surface area contributed by atoms with Crippen molar-refractivity contribution in [1.82, 2.24) is 5.06 Å². The van der Waals surface area contributed by atoms with E-state index in [1.165, 1.54) is 5.06 Å². The Hall–Kier alpha value is -1.10. The third-order valence-electron chi connectivity index (χ3n) is 2.66. The van der Waals surface area contributed by atoms with E-state index >= 15 is 0 Å². The number of fused-ring (bicyclic) bond motifs is 1. The summed E-state index contributed by atoms with van der Waals surface area (Å²) >= 11 is 0. The van der Waals surface area contributed by atoms with Gasteiger partial charge in [0, 0.05) is 18.7 Å². The fourth-order valence-corrected chi connectivity index (χ4v) is 1.55. The van der Waals surface area contributed by atoms with Crippen molar-refractivity contribution in [2.24, 2.45) is 0 Å². The molecule has 82 valence electrons. The fraction of sp³-hybridized carbons (Fsp3) is 0.455. The first-order valence-corrected chi connectivity index (χ1v) is 5.00. The number of nitrogens with zero attached hydrogens (tertiary/aromatic N) is 1. The Morgan fingerprint density at radius 1 is 1.53 bits per heavy atom. The summed E-state index contributed by atoms with van der Waals surface area (Å²) in [5, 5.41) is 10.5. The van der Waals surface area contributed by atoms with Crippen molar-refractivity contribution in [3.05, 3.63) is 29.3 Å². The van der Waals surface area contributed by atoms with Crippen LogP contribution >= 0.6 is 0 Å². The molecule has 1 heterocycles. The first-order chi connectivity index (χ1) is 7.16. The van der Waals surface area contributed by atoms with Crippen molar-refractivity contribution in [1.29, 1.82) is 0 Å². The Labute approximate surface area is 88.9 Å². The lowest BCUT2D eigenvalue weighted by atomic mass is 10.0. The van der Waals surface area contributed by atoms with Crippen molar-refractivity contribution in [2.45, 2.75) is 26.0 Å². The van der Waals surface area contributed by atoms with Gasteiger partial charge in [0.25, 0.3) is 0 Å². The number of hydroxylamine groups is 2. The summed E-state index contributed by atoms with van der Waals surface area (Å²) in [4.78, 5) is 9.87. The SMILES string of the molecule is CC(Cc1ccc2c(c1)OOC2)N(C)O. The highest BCUT2D eigenvalue weighted by Crippen LogP contribution is 2.27. The molecule has 1 aromatic rings. The van der Waals surface area contributed by atoms with Gasteiger partial charge >= 0.3 is 0 Å². The van der Waals surface area contributed by atoms with E-state index in [0.717, 1.165) is 23.3 Å². The fourth-order valence-electron chi connectivity index (χ4n) is 1.55. The molecular weight excluding hydrogens is 194 g/mol. The highest BCUT2D eigenvalue weighted by Gasteiger charge is 2.15. The second-order valence-corrected chi connectivity index (χ2v) is 3.91. The second kappa shape index (κ2) is 4.18. The first kappa shape index (κ1) is 10.4. The van der Waals surface area contributed by atoms with Crippen LogP contribution in [0.2, 0.25) is 0 Å². The number of hydrogen-bond donors (Lipinski definition) is 1. The van der Waals surface area contributed by atoms with E-state index in [0.29, 0.717) is 6.61 Å². The molecule has 15 heavy (non-hydrogen) atoms. The smallest absolute Gasteiger partial charge is 0.171 e. The van der Waals surface area contributed by atoms with E-state index < -0.39 is 0 Å². The van der Waals surface area contributed by atoms with Crippen molar-refractivity contribution >= 4 is 0 Å². The van der Waals surface area contributed by atoms with Crippen LogP contribution in [0.4, 0.5) is 0 Å². The van der Waals surface area contributed by atoms with Crippen LogP contribution in [0.1, 0.15) is 18.1 Å². The molecule has 4 heteroatoms. The predicted molar refractivity (Wildman–Crippen MR) is 54.6 cm³/mol. The molecule has 1 aliphatic heterocycles. The van der Waals surface area contributed by atoms with Gasteiger partial charge in [-0.25, -0.2) is 0 Å². The van der Waals surface area contributed by atoms with E-state index in [-0.39, 0.29) is 6.04 Å². The highest BCUT2D eigenvalue weighted by atomic mass is 17.2. The Bertz CT molecular complexity index is 352. The summed E-state index contributed by atoms with van der Waals surface area (Å²) in [7, 11) is 1.65. The minimum Gasteiger partial charge on any atom is -0.337 e. The van der Waals surface area contributed by atoms with Gasteiger partial charge in [0.05, 0.1) is 0 Å². The Kier molecular flexibility index (Phi) is 2.90. The molecule has 0 saturated carbocycles. The zero-order chi connectivity index (χ0) is 10.8. The molecule has 0 fully saturated rings. The van der Waals surface area contributed by atoms with Crippen LogP contribution in [0.15, 0.2) is 18.2 Å². The lowest BCUT2D eigenvalue weighted by molar-refractivity contribution is -0.194. The largest absolute Gasteiger partial charge is 0.337 e. The molecule has 0 radical (unpaired) electrons. The van der Waals surface area contributed by atoms with E-state index in [9.17, 15) is 5.21 Å². The average Bonchev–Trinajstić information content (AvgIpc) is 2.64. The summed E-state index contributed by atoms with van der Waals surface area (Å²) in [6, 6.07) is 6.09. The zero-order valence-corrected chi connectivity index (χ0v) is 8.93. The maximum atomic E-state index is 9.25. The van der Waals surface area contributed by atoms with Gasteiger partial charge in [0.1, 0.15) is 6.61 Å². The third-order valence-corrected chi connectivity index (χ3v) is 2.66. The summed E-state index contributed by atoms with van der Waals surface area (Å²) in [5.74, 6) is 0.792. The third kappa shape index (κ3) is 2.28. The topological polar surface area (TPSA) is 41.9 Å². The van der Waals surface area contributed by atoms with Crippen molar-refractivity contribution < 1.29 is 15.0 Å². The molecule has 1 aliphatic rings. The van der Waals surface area contributed by atoms with E-state index in [4.69, 9.17) is 9.78 Å². The molecule has 4 nitrogen and oxygen atoms in total. The lowest BCUT2D eigenvalue weighted by Gasteiger charge is -2.17. The highest BCUT2D eigenvalue weighted by molar-refractivity contribution is 5.38. The van der Waals surface area contributed by atoms with Crippen molar-refractivity contribution in [2.75, 3.05) is 7.05 Å². The maximum absolute atomic E-state index is 9.25. The van der Waals surface area contributed by atoms with Crippen LogP contribution < -0.4 is 4.89 Å². The Balaban J connectivity index is 2.10. The quantitative estimate of drug-likeness (QED) is 0.608. The molecule has 0 bridgehead atoms. The molecule has 1 N–H and O–H groups in total. The normalized spacial score (nSPS) is 16.3. The zero-order valence-electron chi connectivity index (χ0n) is 8.93. The monoisotopic (exact) mass is 209 g/mol. The van der Waals surface area contributed by atoms with Gasteiger partial charge in [-0.3, -0.25) is 0 Å². The van der Waals surface area contributed by atoms with E-state index in [1.807, 2.05) is 25.1 Å². The summed E-state index contributed by atoms with van der Waals surface area (Å²) in [6.45, 7) is 2.48. The van der Waals surface area contributed by atoms with Gasteiger partial charge in [-0.05, 0) is 25.0 Å². The molecule has 1 unspecified atom stereocenters. The van der Waals surface area contributed by atoms with Gasteiger partial charge in [-0.2, -0.15) is 9.95 Å². The van der Waals surface area contributed by atoms with Crippen LogP contribution in [-0.4, -0.2) is 23.4 Å². The van der Waals surface area contributed by atoms with E-state index in [2.05, 4.69) is 0 Å². The van der Waals surface area contributed by atoms with Gasteiger partial charge < -0.3 is 10.1 Å². The van der Waals surface area contributed by atoms with Gasteiger partial charge in [-0.1, -0.05) is 12.1 Å². The predicted octanol–water partition coefficient (Wildman–Crippen LogP) is 1.76. The molecule has 0 aliphatic carbocycles. The summed E-state index contributed by atoms with van der Waals surface area (Å²) in [5.41, 5.74) is 2.21. The maximum Gasteiger partial charge on any atom is 0.171 e. The molecule has 0 spiro atoms. The average molecular weight is 209 g/mol. The van der Waals surface area contributed by atoms with Crippen molar-refractivity contribution in [3.8, 4) is 5.75 Å². The number of likely N-dealkylation sites (N-methyl/N-ethyl adjacent to an activating group) is 1. The first-order valence-electron chi connectivity index (χ1n) is 5.00. The van der Waals surface area contributed by atoms with Gasteiger partial charge in [0.2, 0.25) is 0 Å². The minimum absolute atomic E-state index is 0.0883. The van der Waals surface area contributed by atoms with Crippen LogP contribution in [0, 0.1) is 0 Å². The number of rotatable bonds is 3. The summed E-state index contributed by atoms with van der Waals surface area (Å²) < 4.78 is 0. The van der Waals surface area contributed by atoms with Gasteiger partial charge in [0.15, 0.2) is 5.75 Å². The molecule has 0 saturated heterocycles. The Morgan fingerprint density at radius 3 is 3.07 bits per heavy atom. The van der Waals surface area contributed by atoms with Crippen LogP contribution in [0.3, 0.4) is 0 Å². The van der Waals surface area contributed by atoms with E-state index in [1.54, 1.807) is 7.05 Å². The number of hydrogen-bond acceptors (Lipinski definition) is 4. The van der Waals surface area contributed by atoms with Crippen LogP contribution in [0.5, 0.6) is 5.75 Å². The lowest BCUT2D eigenvalue weighted by Crippen LogP contribution is -2.27. The molecule has 1 aromatic carbocycles. The van der Waals surface area contributed by atoms with Crippen LogP contribution in [-0.2, 0) is 17.9 Å². The number of benzene rings is 1. The minimum atomic E-state index is 0.0883. The molecule has 1 atom stereocenters.